The third kappa shape index (κ3) is 2.48. The van der Waals surface area contributed by atoms with E-state index in [-0.39, 0.29) is 21.2 Å². The maximum absolute atomic E-state index is 5.60. The quantitative estimate of drug-likeness (QED) is 0.594. The van der Waals surface area contributed by atoms with Crippen LogP contribution in [0.5, 0.6) is 0 Å². The summed E-state index contributed by atoms with van der Waals surface area (Å²) in [6.45, 7) is 2.39. The van der Waals surface area contributed by atoms with Gasteiger partial charge in [-0.15, -0.1) is 0 Å². The molecule has 2 heterocycles. The maximum atomic E-state index is 5.60. The Kier molecular flexibility index (Phi) is 3.50. The van der Waals surface area contributed by atoms with Gasteiger partial charge in [-0.1, -0.05) is 0 Å². The van der Waals surface area contributed by atoms with Gasteiger partial charge in [0.25, 0.3) is 0 Å². The summed E-state index contributed by atoms with van der Waals surface area (Å²) in [5.74, 6) is 0. The molecule has 0 aromatic rings. The topological polar surface area (TPSA) is 18.5 Å². The molecule has 2 aliphatic heterocycles. The number of thioether (sulfide) groups is 1. The first-order valence-corrected chi connectivity index (χ1v) is 7.04. The second-order valence-corrected chi connectivity index (χ2v) is 6.05. The van der Waals surface area contributed by atoms with E-state index < -0.39 is 0 Å². The zero-order valence-electron chi connectivity index (χ0n) is 6.53. The third-order valence-electron chi connectivity index (χ3n) is 1.59. The minimum absolute atomic E-state index is 0.130. The van der Waals surface area contributed by atoms with Crippen molar-refractivity contribution in [2.45, 2.75) is 6.10 Å². The predicted octanol–water partition coefficient (Wildman–Crippen LogP) is -1.45. The number of ether oxygens (including phenoxy) is 2. The van der Waals surface area contributed by atoms with Gasteiger partial charge in [0.1, 0.15) is 0 Å². The van der Waals surface area contributed by atoms with Crippen LogP contribution < -0.4 is 21.2 Å². The van der Waals surface area contributed by atoms with Gasteiger partial charge in [-0.25, -0.2) is 0 Å². The molecule has 0 amide bonds. The first-order chi connectivity index (χ1) is 5.95. The van der Waals surface area contributed by atoms with E-state index in [0.717, 1.165) is 19.8 Å². The summed E-state index contributed by atoms with van der Waals surface area (Å²) >= 11 is 1.88. The molecular formula is C8H10IO2S-. The van der Waals surface area contributed by atoms with Crippen molar-refractivity contribution in [3.05, 3.63) is 18.5 Å². The molecule has 0 N–H and O–H groups in total. The molecule has 4 heteroatoms. The van der Waals surface area contributed by atoms with Gasteiger partial charge < -0.3 is 0 Å². The molecule has 0 atom stereocenters. The molecule has 68 valence electrons. The Balaban J connectivity index is 1.68. The monoisotopic (exact) mass is 297 g/mol. The number of rotatable bonds is 3. The van der Waals surface area contributed by atoms with Crippen molar-refractivity contribution in [1.29, 1.82) is 0 Å². The van der Waals surface area contributed by atoms with Crippen LogP contribution in [0.1, 0.15) is 0 Å². The summed E-state index contributed by atoms with van der Waals surface area (Å²) in [6, 6.07) is 0. The van der Waals surface area contributed by atoms with E-state index in [1.54, 1.807) is 11.8 Å². The zero-order chi connectivity index (χ0) is 8.23. The van der Waals surface area contributed by atoms with E-state index in [1.165, 1.54) is 3.58 Å². The van der Waals surface area contributed by atoms with Gasteiger partial charge >= 0.3 is 86.8 Å². The standard InChI is InChI=1S/C8H10IO2S/c1-2-12-6-7(9-1)3-11-8-4-10-5-8/h1-2,6,8H,3-5H2/q-1. The number of hydrogen-bond donors (Lipinski definition) is 0. The predicted molar refractivity (Wildman–Crippen MR) is 45.4 cm³/mol. The number of hydrogen-bond acceptors (Lipinski definition) is 3. The number of halogens is 1. The fourth-order valence-corrected chi connectivity index (χ4v) is 3.96. The molecule has 0 radical (unpaired) electrons. The summed E-state index contributed by atoms with van der Waals surface area (Å²) < 4.78 is 14.4. The zero-order valence-corrected chi connectivity index (χ0v) is 9.51. The van der Waals surface area contributed by atoms with Crippen LogP contribution in [0.4, 0.5) is 0 Å². The molecule has 2 rings (SSSR count). The van der Waals surface area contributed by atoms with Gasteiger partial charge in [0.2, 0.25) is 0 Å². The second kappa shape index (κ2) is 4.64. The Morgan fingerprint density at radius 3 is 3.17 bits per heavy atom. The van der Waals surface area contributed by atoms with Crippen LogP contribution in [-0.2, 0) is 9.47 Å². The second-order valence-electron chi connectivity index (χ2n) is 2.54. The third-order valence-corrected chi connectivity index (χ3v) is 5.36. The van der Waals surface area contributed by atoms with E-state index >= 15 is 0 Å². The average Bonchev–Trinajstić information content (AvgIpc) is 2.04. The molecule has 0 bridgehead atoms. The summed E-state index contributed by atoms with van der Waals surface area (Å²) in [4.78, 5) is 0. The fraction of sp³-hybridized carbons (Fsp3) is 0.500. The minimum atomic E-state index is 0.130. The molecule has 0 unspecified atom stereocenters. The van der Waals surface area contributed by atoms with Crippen LogP contribution in [0.25, 0.3) is 0 Å². The van der Waals surface area contributed by atoms with Crippen LogP contribution in [0.15, 0.2) is 18.5 Å². The van der Waals surface area contributed by atoms with E-state index in [4.69, 9.17) is 9.47 Å². The summed E-state index contributed by atoms with van der Waals surface area (Å²) in [6.07, 6.45) is 0.366. The van der Waals surface area contributed by atoms with Crippen molar-refractivity contribution in [2.75, 3.05) is 19.8 Å². The molecule has 0 aliphatic carbocycles. The van der Waals surface area contributed by atoms with Crippen molar-refractivity contribution in [3.8, 4) is 0 Å². The molecule has 12 heavy (non-hydrogen) atoms. The first kappa shape index (κ1) is 9.05. The molecular weight excluding hydrogens is 287 g/mol. The van der Waals surface area contributed by atoms with Crippen LogP contribution >= 0.6 is 11.8 Å². The molecule has 0 saturated carbocycles. The van der Waals surface area contributed by atoms with Gasteiger partial charge in [0.05, 0.1) is 0 Å². The fourth-order valence-electron chi connectivity index (χ4n) is 0.848. The Bertz CT molecular complexity index is 211. The molecule has 2 nitrogen and oxygen atoms in total. The van der Waals surface area contributed by atoms with Gasteiger partial charge in [0, 0.05) is 0 Å². The SMILES string of the molecule is C1=C[I-]C(COC2COC2)=CS1. The van der Waals surface area contributed by atoms with Crippen molar-refractivity contribution in [3.63, 3.8) is 0 Å². The van der Waals surface area contributed by atoms with Crippen molar-refractivity contribution in [2.24, 2.45) is 0 Å². The molecule has 1 fully saturated rings. The van der Waals surface area contributed by atoms with E-state index in [2.05, 4.69) is 14.9 Å². The normalized spacial score (nSPS) is 24.2. The van der Waals surface area contributed by atoms with E-state index in [9.17, 15) is 0 Å². The molecule has 0 aromatic heterocycles. The Morgan fingerprint density at radius 2 is 2.58 bits per heavy atom. The summed E-state index contributed by atoms with van der Waals surface area (Å²) in [5.41, 5.74) is 0. The molecule has 0 spiro atoms. The molecule has 2 aliphatic rings. The first-order valence-electron chi connectivity index (χ1n) is 3.77. The Hall–Kier alpha value is 0.480. The molecule has 1 saturated heterocycles. The van der Waals surface area contributed by atoms with Crippen LogP contribution in [0, 0.1) is 0 Å². The van der Waals surface area contributed by atoms with Crippen LogP contribution in [0.2, 0.25) is 0 Å². The van der Waals surface area contributed by atoms with Crippen LogP contribution in [0.3, 0.4) is 0 Å². The van der Waals surface area contributed by atoms with Crippen molar-refractivity contribution < 1.29 is 30.7 Å². The average molecular weight is 297 g/mol. The Morgan fingerprint density at radius 1 is 1.67 bits per heavy atom. The van der Waals surface area contributed by atoms with Crippen molar-refractivity contribution in [1.82, 2.24) is 0 Å². The summed E-state index contributed by atoms with van der Waals surface area (Å²) in [7, 11) is 0. The van der Waals surface area contributed by atoms with Gasteiger partial charge in [0.15, 0.2) is 0 Å². The Labute approximate surface area is 86.6 Å². The van der Waals surface area contributed by atoms with Gasteiger partial charge in [-0.05, 0) is 0 Å². The van der Waals surface area contributed by atoms with Gasteiger partial charge in [-0.2, -0.15) is 0 Å². The van der Waals surface area contributed by atoms with E-state index in [1.807, 2.05) is 0 Å². The molecule has 0 aromatic carbocycles. The van der Waals surface area contributed by atoms with Crippen LogP contribution in [-0.4, -0.2) is 25.9 Å². The summed E-state index contributed by atoms with van der Waals surface area (Å²) in [5, 5.41) is 4.37. The van der Waals surface area contributed by atoms with E-state index in [0.29, 0.717) is 6.10 Å². The van der Waals surface area contributed by atoms with Gasteiger partial charge in [-0.3, -0.25) is 0 Å². The van der Waals surface area contributed by atoms with Crippen molar-refractivity contribution >= 4 is 11.8 Å².